The zero-order valence-electron chi connectivity index (χ0n) is 33.1. The van der Waals surface area contributed by atoms with Gasteiger partial charge < -0.3 is 20.8 Å². The van der Waals surface area contributed by atoms with Gasteiger partial charge in [-0.2, -0.15) is 0 Å². The Morgan fingerprint density at radius 3 is 2.30 bits per heavy atom. The number of carbonyl (C=O) groups excluding carboxylic acids is 2. The maximum atomic E-state index is 14.5. The van der Waals surface area contributed by atoms with E-state index in [1.807, 2.05) is 12.1 Å². The zero-order chi connectivity index (χ0) is 38.6. The summed E-state index contributed by atoms with van der Waals surface area (Å²) in [6.07, 6.45) is 10.5. The van der Waals surface area contributed by atoms with Gasteiger partial charge in [-0.25, -0.2) is 9.18 Å². The molecule has 4 aliphatic carbocycles. The largest absolute Gasteiger partial charge is 0.478 e. The molecule has 8 unspecified atom stereocenters. The predicted octanol–water partition coefficient (Wildman–Crippen LogP) is 8.97. The molecule has 0 spiro atoms. The van der Waals surface area contributed by atoms with Crippen molar-refractivity contribution in [2.24, 2.45) is 50.7 Å². The van der Waals surface area contributed by atoms with Gasteiger partial charge in [-0.15, -0.1) is 0 Å². The van der Waals surface area contributed by atoms with Crippen molar-refractivity contribution in [2.75, 3.05) is 6.54 Å². The second kappa shape index (κ2) is 14.4. The zero-order valence-corrected chi connectivity index (χ0v) is 33.1. The van der Waals surface area contributed by atoms with Crippen LogP contribution in [0.2, 0.25) is 0 Å². The van der Waals surface area contributed by atoms with Crippen molar-refractivity contribution < 1.29 is 29.0 Å². The molecule has 6 rings (SSSR count). The molecule has 7 nitrogen and oxygen atoms in total. The average Bonchev–Trinajstić information content (AvgIpc) is 3.11. The van der Waals surface area contributed by atoms with E-state index < -0.39 is 17.2 Å². The second-order valence-electron chi connectivity index (χ2n) is 18.7. The fourth-order valence-corrected chi connectivity index (χ4v) is 13.0. The van der Waals surface area contributed by atoms with Gasteiger partial charge in [-0.05, 0) is 145 Å². The second-order valence-corrected chi connectivity index (χ2v) is 18.7. The van der Waals surface area contributed by atoms with Crippen molar-refractivity contribution in [1.29, 1.82) is 0 Å². The molecule has 0 bridgehead atoms. The summed E-state index contributed by atoms with van der Waals surface area (Å²) >= 11 is 0. The molecular weight excluding hydrogens is 668 g/mol. The number of carbonyl (C=O) groups is 3. The number of benzene rings is 2. The molecule has 4 N–H and O–H groups in total. The van der Waals surface area contributed by atoms with Crippen LogP contribution >= 0.6 is 0 Å². The van der Waals surface area contributed by atoms with Crippen LogP contribution in [0.1, 0.15) is 145 Å². The molecule has 0 heterocycles. The Hall–Kier alpha value is -3.26. The molecule has 290 valence electrons. The van der Waals surface area contributed by atoms with E-state index >= 15 is 0 Å². The van der Waals surface area contributed by atoms with Crippen LogP contribution in [0.4, 0.5) is 4.39 Å². The summed E-state index contributed by atoms with van der Waals surface area (Å²) in [5, 5.41) is 26.3. The number of aliphatic hydroxyl groups is 1. The third kappa shape index (κ3) is 6.53. The lowest BCUT2D eigenvalue weighted by molar-refractivity contribution is -0.246. The quantitative estimate of drug-likeness (QED) is 0.195. The summed E-state index contributed by atoms with van der Waals surface area (Å²) in [7, 11) is 0. The molecule has 2 aromatic rings. The summed E-state index contributed by atoms with van der Waals surface area (Å²) in [5.74, 6) is -0.0902. The van der Waals surface area contributed by atoms with E-state index in [1.54, 1.807) is 12.1 Å². The number of aliphatic hydroxyl groups excluding tert-OH is 1. The molecule has 0 saturated heterocycles. The molecular formula is C45H63FN2O5. The van der Waals surface area contributed by atoms with Gasteiger partial charge in [0.15, 0.2) is 0 Å². The first-order chi connectivity index (χ1) is 24.9. The van der Waals surface area contributed by atoms with Crippen LogP contribution in [-0.4, -0.2) is 40.6 Å². The van der Waals surface area contributed by atoms with Crippen LogP contribution in [0.25, 0.3) is 0 Å². The Bertz CT molecular complexity index is 1730. The van der Waals surface area contributed by atoms with Crippen LogP contribution in [0.5, 0.6) is 0 Å². The number of rotatable bonds is 10. The summed E-state index contributed by atoms with van der Waals surface area (Å²) in [4.78, 5) is 38.6. The minimum Gasteiger partial charge on any atom is -0.478 e. The Morgan fingerprint density at radius 1 is 0.849 bits per heavy atom. The highest BCUT2D eigenvalue weighted by atomic mass is 19.1. The van der Waals surface area contributed by atoms with Crippen LogP contribution in [-0.2, 0) is 17.8 Å². The van der Waals surface area contributed by atoms with Crippen LogP contribution in [0.3, 0.4) is 0 Å². The maximum absolute atomic E-state index is 14.5. The highest BCUT2D eigenvalue weighted by Gasteiger charge is 2.69. The molecule has 9 atom stereocenters. The van der Waals surface area contributed by atoms with Gasteiger partial charge in [0.25, 0.3) is 5.91 Å². The van der Waals surface area contributed by atoms with Gasteiger partial charge in [0, 0.05) is 18.7 Å². The van der Waals surface area contributed by atoms with Crippen molar-refractivity contribution in [3.63, 3.8) is 0 Å². The fourth-order valence-electron chi connectivity index (χ4n) is 13.0. The van der Waals surface area contributed by atoms with Gasteiger partial charge in [0.05, 0.1) is 17.1 Å². The standard InChI is InChI=1S/C45H63FN2O5/c1-8-19-45(40(53)48-27-29-10-9-11-31(25-29)38(50)47-24-18-30-12-13-32(39(51)52)26-34(30)46)23-22-43(6)33(28(45)2)14-15-36-42(5)20-17-37(49)41(3,4)35(42)16-21-44(36,43)7/h9-13,25-26,28,33,35-37,49H,8,14-24,27H2,1-7H3,(H,47,50)(H,48,53)(H,51,52)/t28?,33?,35?,36?,37?,42?,43-,44?,45?/m1/s1. The third-order valence-electron chi connectivity index (χ3n) is 16.3. The molecule has 4 fully saturated rings. The number of hydrogen-bond acceptors (Lipinski definition) is 4. The molecule has 0 aliphatic heterocycles. The molecule has 4 saturated carbocycles. The SMILES string of the molecule is CCCC1(C(=O)NCc2cccc(C(=O)NCCc3ccc(C(=O)O)cc3F)c2)CC[C@]2(C)C(CCC3C4(C)CCC(O)C(C)(C)C4CCC32C)C1C. The van der Waals surface area contributed by atoms with E-state index in [9.17, 15) is 23.9 Å². The van der Waals surface area contributed by atoms with E-state index in [1.165, 1.54) is 31.4 Å². The lowest BCUT2D eigenvalue weighted by Gasteiger charge is -2.72. The van der Waals surface area contributed by atoms with E-state index in [0.29, 0.717) is 35.4 Å². The van der Waals surface area contributed by atoms with Crippen molar-refractivity contribution in [2.45, 2.75) is 132 Å². The summed E-state index contributed by atoms with van der Waals surface area (Å²) in [6.45, 7) is 17.4. The van der Waals surface area contributed by atoms with Crippen molar-refractivity contribution in [3.05, 3.63) is 70.5 Å². The molecule has 53 heavy (non-hydrogen) atoms. The summed E-state index contributed by atoms with van der Waals surface area (Å²) < 4.78 is 14.4. The predicted molar refractivity (Wildman–Crippen MR) is 206 cm³/mol. The minimum absolute atomic E-state index is 0.0658. The van der Waals surface area contributed by atoms with Gasteiger partial charge in [0.1, 0.15) is 5.82 Å². The Balaban J connectivity index is 1.12. The number of halogens is 1. The van der Waals surface area contributed by atoms with Gasteiger partial charge >= 0.3 is 5.97 Å². The number of nitrogens with one attached hydrogen (secondary N) is 2. The van der Waals surface area contributed by atoms with E-state index in [-0.39, 0.29) is 64.0 Å². The van der Waals surface area contributed by atoms with E-state index in [0.717, 1.165) is 56.6 Å². The fraction of sp³-hybridized carbons (Fsp3) is 0.667. The average molecular weight is 731 g/mol. The molecule has 2 amide bonds. The monoisotopic (exact) mass is 730 g/mol. The van der Waals surface area contributed by atoms with Crippen molar-refractivity contribution in [3.8, 4) is 0 Å². The topological polar surface area (TPSA) is 116 Å². The van der Waals surface area contributed by atoms with Gasteiger partial charge in [-0.1, -0.05) is 73.1 Å². The molecule has 2 aromatic carbocycles. The van der Waals surface area contributed by atoms with Crippen LogP contribution < -0.4 is 10.6 Å². The molecule has 0 radical (unpaired) electrons. The summed E-state index contributed by atoms with van der Waals surface area (Å²) in [5.41, 5.74) is 1.60. The number of fused-ring (bicyclic) bond motifs is 5. The minimum atomic E-state index is -1.19. The first-order valence-corrected chi connectivity index (χ1v) is 20.3. The maximum Gasteiger partial charge on any atom is 0.335 e. The first-order valence-electron chi connectivity index (χ1n) is 20.3. The van der Waals surface area contributed by atoms with Gasteiger partial charge in [0.2, 0.25) is 5.91 Å². The Morgan fingerprint density at radius 2 is 1.60 bits per heavy atom. The number of aromatic carboxylic acids is 1. The molecule has 8 heteroatoms. The van der Waals surface area contributed by atoms with E-state index in [2.05, 4.69) is 59.1 Å². The lowest BCUT2D eigenvalue weighted by atomic mass is 9.32. The first kappa shape index (κ1) is 39.4. The molecule has 0 aromatic heterocycles. The molecule has 4 aliphatic rings. The third-order valence-corrected chi connectivity index (χ3v) is 16.3. The lowest BCUT2D eigenvalue weighted by Crippen LogP contribution is -2.67. The van der Waals surface area contributed by atoms with Gasteiger partial charge in [-0.3, -0.25) is 9.59 Å². The highest BCUT2D eigenvalue weighted by Crippen LogP contribution is 2.75. The Labute approximate surface area is 316 Å². The Kier molecular flexibility index (Phi) is 10.7. The van der Waals surface area contributed by atoms with Crippen molar-refractivity contribution >= 4 is 17.8 Å². The number of hydrogen-bond donors (Lipinski definition) is 4. The summed E-state index contributed by atoms with van der Waals surface area (Å²) in [6, 6.07) is 11.1. The smallest absolute Gasteiger partial charge is 0.335 e. The van der Waals surface area contributed by atoms with Crippen LogP contribution in [0.15, 0.2) is 42.5 Å². The number of carboxylic acids is 1. The van der Waals surface area contributed by atoms with E-state index in [4.69, 9.17) is 5.11 Å². The highest BCUT2D eigenvalue weighted by molar-refractivity contribution is 5.94. The number of carboxylic acid groups (broad SMARTS) is 1. The normalized spacial score (nSPS) is 36.0. The van der Waals surface area contributed by atoms with Crippen LogP contribution in [0, 0.1) is 56.6 Å². The number of amides is 2. The van der Waals surface area contributed by atoms with Crippen molar-refractivity contribution in [1.82, 2.24) is 10.6 Å².